The molecule has 1 saturated heterocycles. The van der Waals surface area contributed by atoms with Crippen molar-refractivity contribution in [1.82, 2.24) is 15.6 Å². The first-order valence-electron chi connectivity index (χ1n) is 27.5. The molecule has 4 saturated carbocycles. The summed E-state index contributed by atoms with van der Waals surface area (Å²) in [6, 6.07) is 20.4. The molecule has 0 radical (unpaired) electrons. The molecule has 2 spiro atoms. The summed E-state index contributed by atoms with van der Waals surface area (Å²) in [6.07, 6.45) is 15.0. The van der Waals surface area contributed by atoms with Crippen LogP contribution in [-0.2, 0) is 16.0 Å². The second kappa shape index (κ2) is 18.0. The SMILES string of the molecule is COc1cc2c(cc1O)[C@@H](C[C@H](O)[C@H](O)C[C@H](C1=CCNC(N)=C1)c1ccc3ccccc3c1)C#C[C@@]1(CC[C@H]([C@H]3[C@@H]4C=C[C@@H]5CCC[C@]35[C@H]3CN[C@H]5CC(=O)C[C@@H]6c7cc[nH]c7[C@@H]4[C@H]3[C@@H]56)C[C@H]1O)C(=O)CC2. The number of benzene rings is 3. The molecule has 7 aliphatic carbocycles. The molecule has 1 aromatic heterocycles. The van der Waals surface area contributed by atoms with Crippen LogP contribution in [0.25, 0.3) is 10.8 Å². The summed E-state index contributed by atoms with van der Waals surface area (Å²) >= 11 is 0. The van der Waals surface area contributed by atoms with Gasteiger partial charge in [0.25, 0.3) is 0 Å². The van der Waals surface area contributed by atoms with Crippen LogP contribution in [0, 0.1) is 64.1 Å². The number of ether oxygens (including phenoxy) is 1. The van der Waals surface area contributed by atoms with E-state index in [4.69, 9.17) is 10.5 Å². The van der Waals surface area contributed by atoms with Crippen molar-refractivity contribution in [2.24, 2.45) is 58.0 Å². The Bertz CT molecular complexity index is 3040. The van der Waals surface area contributed by atoms with Crippen molar-refractivity contribution in [1.29, 1.82) is 0 Å². The van der Waals surface area contributed by atoms with Gasteiger partial charge in [0.2, 0.25) is 0 Å². The number of nitrogens with one attached hydrogen (secondary N) is 3. The molecule has 11 heteroatoms. The molecule has 3 heterocycles. The number of aromatic hydroxyl groups is 1. The number of Topliss-reactive ketones (excluding diaryl/α,β-unsaturated/α-hetero) is 2. The highest BCUT2D eigenvalue weighted by Crippen LogP contribution is 2.74. The number of allylic oxidation sites excluding steroid dienone is 4. The second-order valence-corrected chi connectivity index (χ2v) is 23.7. The number of nitrogens with two attached hydrogens (primary N) is 1. The number of aryl methyl sites for hydroxylation is 1. The van der Waals surface area contributed by atoms with Gasteiger partial charge in [0, 0.05) is 61.5 Å². The number of aromatic nitrogens is 1. The molecule has 2 bridgehead atoms. The van der Waals surface area contributed by atoms with E-state index in [2.05, 4.69) is 88.3 Å². The lowest BCUT2D eigenvalue weighted by Gasteiger charge is -2.69. The number of methoxy groups -OCH3 is 1. The van der Waals surface area contributed by atoms with Crippen LogP contribution in [0.1, 0.15) is 122 Å². The summed E-state index contributed by atoms with van der Waals surface area (Å²) in [5.74, 6) is 10.3. The first-order chi connectivity index (χ1) is 35.4. The fourth-order valence-electron chi connectivity index (χ4n) is 17.7. The lowest BCUT2D eigenvalue weighted by atomic mass is 9.36. The molecule has 2 aliphatic heterocycles. The quantitative estimate of drug-likeness (QED) is 0.0605. The van der Waals surface area contributed by atoms with E-state index >= 15 is 0 Å². The van der Waals surface area contributed by atoms with Crippen molar-refractivity contribution in [3.8, 4) is 23.3 Å². The van der Waals surface area contributed by atoms with Crippen LogP contribution >= 0.6 is 0 Å². The Morgan fingerprint density at radius 2 is 1.81 bits per heavy atom. The summed E-state index contributed by atoms with van der Waals surface area (Å²) in [5, 5.41) is 57.8. The molecule has 13 rings (SSSR count). The maximum Gasteiger partial charge on any atom is 0.160 e. The van der Waals surface area contributed by atoms with E-state index in [1.165, 1.54) is 37.6 Å². The summed E-state index contributed by atoms with van der Waals surface area (Å²) < 4.78 is 5.58. The highest BCUT2D eigenvalue weighted by Gasteiger charge is 2.70. The highest BCUT2D eigenvalue weighted by molar-refractivity contribution is 5.89. The van der Waals surface area contributed by atoms with E-state index in [1.54, 1.807) is 12.1 Å². The number of H-pyrrole nitrogens is 1. The molecule has 17 atom stereocenters. The smallest absolute Gasteiger partial charge is 0.160 e. The molecule has 9 N–H and O–H groups in total. The summed E-state index contributed by atoms with van der Waals surface area (Å²) in [6.45, 7) is 1.47. The zero-order chi connectivity index (χ0) is 49.9. The van der Waals surface area contributed by atoms with Gasteiger partial charge in [-0.25, -0.2) is 0 Å². The van der Waals surface area contributed by atoms with Gasteiger partial charge < -0.3 is 46.5 Å². The number of carbonyl (C=O) groups is 2. The summed E-state index contributed by atoms with van der Waals surface area (Å²) in [5.41, 5.74) is 11.1. The second-order valence-electron chi connectivity index (χ2n) is 23.7. The number of piperidine rings is 1. The number of phenolic OH excluding ortho intramolecular Hbond substituents is 1. The van der Waals surface area contributed by atoms with Crippen LogP contribution in [0.15, 0.2) is 103 Å². The van der Waals surface area contributed by atoms with Crippen LogP contribution < -0.4 is 21.1 Å². The van der Waals surface area contributed by atoms with Gasteiger partial charge in [0.15, 0.2) is 17.3 Å². The van der Waals surface area contributed by atoms with Gasteiger partial charge in [-0.15, -0.1) is 0 Å². The third-order valence-corrected chi connectivity index (χ3v) is 20.7. The number of fused-ring (bicyclic) bond motifs is 7. The Morgan fingerprint density at radius 3 is 2.64 bits per heavy atom. The average Bonchev–Trinajstić information content (AvgIpc) is 4.07. The molecule has 0 unspecified atom stereocenters. The zero-order valence-electron chi connectivity index (χ0n) is 41.8. The van der Waals surface area contributed by atoms with Crippen LogP contribution in [0.2, 0.25) is 0 Å². The lowest BCUT2D eigenvalue weighted by molar-refractivity contribution is -0.166. The topological polar surface area (TPSA) is 190 Å². The Hall–Kier alpha value is -5.64. The van der Waals surface area contributed by atoms with Crippen molar-refractivity contribution in [3.05, 3.63) is 131 Å². The first-order valence-corrected chi connectivity index (χ1v) is 27.5. The number of hydrogen-bond acceptors (Lipinski definition) is 10. The fraction of sp³-hybridized carbons (Fsp3) is 0.516. The number of aliphatic hydroxyl groups is 3. The minimum absolute atomic E-state index is 0.0362. The Kier molecular flexibility index (Phi) is 11.6. The van der Waals surface area contributed by atoms with Gasteiger partial charge in [-0.1, -0.05) is 79.0 Å². The van der Waals surface area contributed by atoms with Gasteiger partial charge in [0.1, 0.15) is 11.2 Å². The summed E-state index contributed by atoms with van der Waals surface area (Å²) in [4.78, 5) is 32.0. The Balaban J connectivity index is 0.821. The van der Waals surface area contributed by atoms with E-state index in [1.807, 2.05) is 18.2 Å². The maximum absolute atomic E-state index is 15.0. The number of hydrogen-bond donors (Lipinski definition) is 8. The van der Waals surface area contributed by atoms with Crippen molar-refractivity contribution in [3.63, 3.8) is 0 Å². The predicted molar refractivity (Wildman–Crippen MR) is 279 cm³/mol. The van der Waals surface area contributed by atoms with Crippen LogP contribution in [0.4, 0.5) is 0 Å². The molecule has 0 amide bonds. The van der Waals surface area contributed by atoms with Gasteiger partial charge >= 0.3 is 0 Å². The number of carbonyl (C=O) groups excluding carboxylic acids is 2. The molecule has 9 aliphatic rings. The predicted octanol–water partition coefficient (Wildman–Crippen LogP) is 7.91. The van der Waals surface area contributed by atoms with Gasteiger partial charge in [-0.05, 0) is 174 Å². The summed E-state index contributed by atoms with van der Waals surface area (Å²) in [7, 11) is 1.50. The third kappa shape index (κ3) is 7.43. The largest absolute Gasteiger partial charge is 0.504 e. The van der Waals surface area contributed by atoms with Crippen LogP contribution in [0.5, 0.6) is 11.5 Å². The van der Waals surface area contributed by atoms with Crippen molar-refractivity contribution < 1.29 is 34.8 Å². The van der Waals surface area contributed by atoms with Crippen LogP contribution in [-0.4, -0.2) is 81.5 Å². The maximum atomic E-state index is 15.0. The monoisotopic (exact) mass is 983 g/mol. The average molecular weight is 983 g/mol. The number of ketones is 2. The molecular weight excluding hydrogens is 913 g/mol. The zero-order valence-corrected chi connectivity index (χ0v) is 41.8. The lowest BCUT2D eigenvalue weighted by Crippen LogP contribution is -2.69. The number of aromatic amines is 1. The molecule has 73 heavy (non-hydrogen) atoms. The molecule has 380 valence electrons. The molecule has 5 fully saturated rings. The van der Waals surface area contributed by atoms with Crippen molar-refractivity contribution in [2.45, 2.75) is 125 Å². The minimum Gasteiger partial charge on any atom is -0.504 e. The first kappa shape index (κ1) is 47.1. The highest BCUT2D eigenvalue weighted by atomic mass is 16.5. The standard InChI is InChI=1S/C62H70N4O7/c1-73-52-25-36-10-13-53(71)61(19-14-37(45(36)31-51(52)70)24-49(68)50(69)30-44(38-16-21-64-55(63)27-38)35-9-8-33-5-2-3-6-34(33)23-35)20-15-39(26-54(61)72)59-43-12-11-40-7-4-18-62(40,59)47-32-66-48-29-41(67)28-46-42-17-22-65-60(42)57(43)58(47)56(46)48/h2-3,5-6,8-9,11-12,16-17,22-23,25,27,31,37,39-40,43-44,46-50,54,56-59,64-66,68-70,72H,4,7,10,13,15,18,20-21,24,26,28-30,32,63H2,1H3/t37-,39+,40+,43-,44+,46-,47+,48+,49+,50-,54-,56-,57+,58-,59+,61-,62+/m1/s1. The molecule has 3 aromatic carbocycles. The van der Waals surface area contributed by atoms with E-state index in [0.29, 0.717) is 91.3 Å². The van der Waals surface area contributed by atoms with Crippen LogP contribution in [0.3, 0.4) is 0 Å². The van der Waals surface area contributed by atoms with E-state index in [0.717, 1.165) is 40.4 Å². The number of rotatable bonds is 9. The van der Waals surface area contributed by atoms with Gasteiger partial charge in [-0.2, -0.15) is 0 Å². The van der Waals surface area contributed by atoms with Crippen molar-refractivity contribution >= 4 is 22.3 Å². The molecular formula is C62H70N4O7. The minimum atomic E-state index is -1.31. The van der Waals surface area contributed by atoms with Crippen molar-refractivity contribution in [2.75, 3.05) is 20.2 Å². The van der Waals surface area contributed by atoms with E-state index in [-0.39, 0.29) is 71.7 Å². The molecule has 11 nitrogen and oxygen atoms in total. The molecule has 4 aromatic rings. The van der Waals surface area contributed by atoms with Gasteiger partial charge in [0.05, 0.1) is 31.2 Å². The Labute approximate surface area is 428 Å². The third-order valence-electron chi connectivity index (χ3n) is 20.7. The normalized spacial score (nSPS) is 37.0. The Morgan fingerprint density at radius 1 is 0.945 bits per heavy atom. The van der Waals surface area contributed by atoms with E-state index < -0.39 is 29.6 Å². The number of phenols is 1. The van der Waals surface area contributed by atoms with E-state index in [9.17, 15) is 30.0 Å². The number of dihydropyridines is 1. The van der Waals surface area contributed by atoms with Gasteiger partial charge in [-0.3, -0.25) is 9.59 Å². The number of aliphatic hydroxyl groups excluding tert-OH is 3. The fourth-order valence-corrected chi connectivity index (χ4v) is 17.7.